The molecule has 0 amide bonds. The zero-order chi connectivity index (χ0) is 30.6. The molecule has 0 aliphatic heterocycles. The van der Waals surface area contributed by atoms with Crippen molar-refractivity contribution in [3.63, 3.8) is 0 Å². The first-order valence-corrected chi connectivity index (χ1v) is 16.2. The molecule has 218 valence electrons. The fraction of sp³-hybridized carbons (Fsp3) is 0.0909. The van der Waals surface area contributed by atoms with E-state index in [0.29, 0.717) is 0 Å². The lowest BCUT2D eigenvalue weighted by atomic mass is 9.70. The molecule has 0 spiro atoms. The maximum atomic E-state index is 2.51. The van der Waals surface area contributed by atoms with Crippen molar-refractivity contribution >= 4 is 54.4 Å². The van der Waals surface area contributed by atoms with Gasteiger partial charge in [-0.1, -0.05) is 105 Å². The van der Waals surface area contributed by atoms with Crippen LogP contribution in [0, 0.1) is 0 Å². The van der Waals surface area contributed by atoms with E-state index in [1.54, 1.807) is 0 Å². The molecular weight excluding hydrogens is 556 g/mol. The van der Waals surface area contributed by atoms with Crippen LogP contribution in [0.3, 0.4) is 0 Å². The molecule has 9 aromatic rings. The molecule has 1 aliphatic rings. The van der Waals surface area contributed by atoms with E-state index >= 15 is 0 Å². The Balaban J connectivity index is 1.34. The van der Waals surface area contributed by atoms with E-state index in [4.69, 9.17) is 0 Å². The van der Waals surface area contributed by atoms with Crippen LogP contribution >= 0.6 is 0 Å². The zero-order valence-electron chi connectivity index (χ0n) is 26.0. The third-order valence-corrected chi connectivity index (χ3v) is 10.4. The smallest absolute Gasteiger partial charge is 0.0548 e. The summed E-state index contributed by atoms with van der Waals surface area (Å²) in [5.74, 6) is 0. The van der Waals surface area contributed by atoms with Crippen molar-refractivity contribution in [2.75, 3.05) is 0 Å². The normalized spacial score (nSPS) is 14.0. The van der Waals surface area contributed by atoms with Gasteiger partial charge in [-0.15, -0.1) is 0 Å². The van der Waals surface area contributed by atoms with Crippen molar-refractivity contribution in [3.05, 3.63) is 157 Å². The zero-order valence-corrected chi connectivity index (χ0v) is 26.0. The van der Waals surface area contributed by atoms with Gasteiger partial charge in [-0.3, -0.25) is 0 Å². The second kappa shape index (κ2) is 9.22. The average Bonchev–Trinajstić information content (AvgIpc) is 3.58. The number of hydrogen-bond donors (Lipinski definition) is 0. The summed E-state index contributed by atoms with van der Waals surface area (Å²) in [7, 11) is 0. The third kappa shape index (κ3) is 3.53. The van der Waals surface area contributed by atoms with Crippen LogP contribution in [0.15, 0.2) is 146 Å². The molecule has 0 saturated carbocycles. The van der Waals surface area contributed by atoms with Crippen molar-refractivity contribution < 1.29 is 0 Å². The largest absolute Gasteiger partial charge is 0.309 e. The summed E-state index contributed by atoms with van der Waals surface area (Å²) in [6, 6.07) is 54.1. The number of para-hydroxylation sites is 2. The standard InChI is InChI=1S/C44H32N2/c1-44(2)27-30-20-21-32(24-35(30)33-16-8-10-18-39(33)44)46-41-23-29-13-7-6-12-28(29)22-36(41)38-26-42-37(25-43(38)46)34-17-9-11-19-40(34)45(42)31-14-4-3-5-15-31/h3-26H,27H2,1-2H3. The van der Waals surface area contributed by atoms with Crippen molar-refractivity contribution in [3.8, 4) is 22.5 Å². The van der Waals surface area contributed by atoms with Crippen LogP contribution in [-0.4, -0.2) is 9.13 Å². The maximum Gasteiger partial charge on any atom is 0.0548 e. The van der Waals surface area contributed by atoms with Crippen molar-refractivity contribution in [1.82, 2.24) is 9.13 Å². The van der Waals surface area contributed by atoms with E-state index in [9.17, 15) is 0 Å². The lowest BCUT2D eigenvalue weighted by Gasteiger charge is -2.34. The van der Waals surface area contributed by atoms with E-state index in [0.717, 1.165) is 6.42 Å². The Kier molecular flexibility index (Phi) is 5.15. The van der Waals surface area contributed by atoms with E-state index in [-0.39, 0.29) is 5.41 Å². The molecule has 0 N–H and O–H groups in total. The second-order valence-electron chi connectivity index (χ2n) is 13.6. The number of fused-ring (bicyclic) bond motifs is 10. The predicted molar refractivity (Wildman–Crippen MR) is 195 cm³/mol. The molecule has 2 heteroatoms. The van der Waals surface area contributed by atoms with Gasteiger partial charge < -0.3 is 9.13 Å². The summed E-state index contributed by atoms with van der Waals surface area (Å²) >= 11 is 0. The minimum absolute atomic E-state index is 0.107. The van der Waals surface area contributed by atoms with Gasteiger partial charge in [0.25, 0.3) is 0 Å². The number of benzene rings is 7. The lowest BCUT2D eigenvalue weighted by Crippen LogP contribution is -2.25. The highest BCUT2D eigenvalue weighted by Crippen LogP contribution is 2.45. The monoisotopic (exact) mass is 588 g/mol. The minimum atomic E-state index is 0.107. The Morgan fingerprint density at radius 3 is 1.87 bits per heavy atom. The molecule has 0 unspecified atom stereocenters. The molecular formula is C44H32N2. The molecule has 10 rings (SSSR count). The quantitative estimate of drug-likeness (QED) is 0.190. The Labute approximate surface area is 267 Å². The Bertz CT molecular complexity index is 2680. The van der Waals surface area contributed by atoms with Crippen molar-refractivity contribution in [2.45, 2.75) is 25.7 Å². The van der Waals surface area contributed by atoms with Crippen LogP contribution < -0.4 is 0 Å². The van der Waals surface area contributed by atoms with Crippen LogP contribution in [-0.2, 0) is 11.8 Å². The van der Waals surface area contributed by atoms with Gasteiger partial charge in [0.15, 0.2) is 0 Å². The fourth-order valence-electron chi connectivity index (χ4n) is 8.28. The van der Waals surface area contributed by atoms with Crippen LogP contribution in [0.2, 0.25) is 0 Å². The molecule has 46 heavy (non-hydrogen) atoms. The third-order valence-electron chi connectivity index (χ3n) is 10.4. The summed E-state index contributed by atoms with van der Waals surface area (Å²) < 4.78 is 4.93. The molecule has 2 heterocycles. The SMILES string of the molecule is CC1(C)Cc2ccc(-n3c4cc5ccccc5cc4c4cc5c(cc43)c3ccccc3n5-c3ccccc3)cc2-c2ccccc21. The van der Waals surface area contributed by atoms with E-state index in [1.807, 2.05) is 0 Å². The van der Waals surface area contributed by atoms with Crippen molar-refractivity contribution in [1.29, 1.82) is 0 Å². The molecule has 0 radical (unpaired) electrons. The van der Waals surface area contributed by atoms with Crippen LogP contribution in [0.4, 0.5) is 0 Å². The van der Waals surface area contributed by atoms with Crippen LogP contribution in [0.25, 0.3) is 76.9 Å². The first-order valence-electron chi connectivity index (χ1n) is 16.2. The lowest BCUT2D eigenvalue weighted by molar-refractivity contribution is 0.517. The predicted octanol–water partition coefficient (Wildman–Crippen LogP) is 11.5. The second-order valence-corrected chi connectivity index (χ2v) is 13.6. The van der Waals surface area contributed by atoms with Crippen LogP contribution in [0.5, 0.6) is 0 Å². The summed E-state index contributed by atoms with van der Waals surface area (Å²) in [6.45, 7) is 4.75. The van der Waals surface area contributed by atoms with Gasteiger partial charge in [0.05, 0.1) is 22.1 Å². The molecule has 0 bridgehead atoms. The molecule has 2 aromatic heterocycles. The first-order chi connectivity index (χ1) is 22.5. The van der Waals surface area contributed by atoms with Crippen molar-refractivity contribution in [2.24, 2.45) is 0 Å². The maximum absolute atomic E-state index is 2.51. The fourth-order valence-corrected chi connectivity index (χ4v) is 8.28. The number of nitrogens with zero attached hydrogens (tertiary/aromatic N) is 2. The first kappa shape index (κ1) is 25.7. The summed E-state index contributed by atoms with van der Waals surface area (Å²) in [6.07, 6.45) is 1.04. The van der Waals surface area contributed by atoms with Crippen LogP contribution in [0.1, 0.15) is 25.0 Å². The Morgan fingerprint density at radius 2 is 1.04 bits per heavy atom. The van der Waals surface area contributed by atoms with E-state index in [1.165, 1.54) is 88.0 Å². The number of rotatable bonds is 2. The molecule has 0 atom stereocenters. The summed E-state index contributed by atoms with van der Waals surface area (Å²) in [5.41, 5.74) is 13.0. The highest BCUT2D eigenvalue weighted by atomic mass is 15.0. The Morgan fingerprint density at radius 1 is 0.435 bits per heavy atom. The summed E-state index contributed by atoms with van der Waals surface area (Å²) in [5, 5.41) is 7.61. The van der Waals surface area contributed by atoms with E-state index < -0.39 is 0 Å². The van der Waals surface area contributed by atoms with Gasteiger partial charge in [-0.2, -0.15) is 0 Å². The van der Waals surface area contributed by atoms with E-state index in [2.05, 4.69) is 169 Å². The van der Waals surface area contributed by atoms with Gasteiger partial charge in [0.2, 0.25) is 0 Å². The molecule has 1 aliphatic carbocycles. The molecule has 2 nitrogen and oxygen atoms in total. The molecule has 7 aromatic carbocycles. The van der Waals surface area contributed by atoms with Gasteiger partial charge in [0, 0.05) is 32.9 Å². The minimum Gasteiger partial charge on any atom is -0.309 e. The average molecular weight is 589 g/mol. The summed E-state index contributed by atoms with van der Waals surface area (Å²) in [4.78, 5) is 0. The van der Waals surface area contributed by atoms with Gasteiger partial charge in [0.1, 0.15) is 0 Å². The van der Waals surface area contributed by atoms with Gasteiger partial charge >= 0.3 is 0 Å². The topological polar surface area (TPSA) is 9.86 Å². The highest BCUT2D eigenvalue weighted by molar-refractivity contribution is 6.20. The van der Waals surface area contributed by atoms with Gasteiger partial charge in [-0.05, 0) is 99.5 Å². The van der Waals surface area contributed by atoms with Gasteiger partial charge in [-0.25, -0.2) is 0 Å². The molecule has 0 fully saturated rings. The molecule has 0 saturated heterocycles. The Hall–Kier alpha value is -5.60. The number of aromatic nitrogens is 2. The highest BCUT2D eigenvalue weighted by Gasteiger charge is 2.31. The number of hydrogen-bond acceptors (Lipinski definition) is 0.